The minimum absolute atomic E-state index is 0.322. The van der Waals surface area contributed by atoms with Crippen LogP contribution >= 0.6 is 0 Å². The van der Waals surface area contributed by atoms with Crippen LogP contribution in [-0.2, 0) is 9.59 Å². The maximum atomic E-state index is 11.2. The highest BCUT2D eigenvalue weighted by Crippen LogP contribution is 2.30. The Bertz CT molecular complexity index is 295. The Morgan fingerprint density at radius 1 is 1.19 bits per heavy atom. The van der Waals surface area contributed by atoms with Crippen LogP contribution in [0.25, 0.3) is 0 Å². The van der Waals surface area contributed by atoms with Crippen LogP contribution in [-0.4, -0.2) is 45.2 Å². The molecule has 1 rings (SSSR count). The molecule has 0 amide bonds. The van der Waals surface area contributed by atoms with Crippen LogP contribution in [0.4, 0.5) is 0 Å². The highest BCUT2D eigenvalue weighted by atomic mass is 16.4. The zero-order valence-electron chi connectivity index (χ0n) is 9.93. The van der Waals surface area contributed by atoms with Crippen LogP contribution in [0.1, 0.15) is 33.6 Å². The number of carbonyl (C=O) groups is 2. The first kappa shape index (κ1) is 13.0. The van der Waals surface area contributed by atoms with Gasteiger partial charge in [-0.25, -0.2) is 0 Å². The third-order valence-corrected chi connectivity index (χ3v) is 3.06. The Labute approximate surface area is 95.1 Å². The summed E-state index contributed by atoms with van der Waals surface area (Å²) in [6.07, 6.45) is 1.18. The fourth-order valence-electron chi connectivity index (χ4n) is 2.31. The van der Waals surface area contributed by atoms with Crippen molar-refractivity contribution in [3.05, 3.63) is 0 Å². The maximum Gasteiger partial charge on any atom is 0.321 e. The molecule has 0 spiro atoms. The number of carboxylic acids is 2. The van der Waals surface area contributed by atoms with Gasteiger partial charge in [0.1, 0.15) is 6.04 Å². The molecule has 16 heavy (non-hydrogen) atoms. The largest absolute Gasteiger partial charge is 0.481 e. The van der Waals surface area contributed by atoms with Crippen LogP contribution < -0.4 is 0 Å². The van der Waals surface area contributed by atoms with Crippen molar-refractivity contribution in [1.82, 2.24) is 4.90 Å². The van der Waals surface area contributed by atoms with Crippen molar-refractivity contribution < 1.29 is 19.8 Å². The molecule has 1 fully saturated rings. The molecule has 92 valence electrons. The number of aliphatic carboxylic acids is 2. The summed E-state index contributed by atoms with van der Waals surface area (Å²) < 4.78 is 0. The number of carboxylic acid groups (broad SMARTS) is 2. The fraction of sp³-hybridized carbons (Fsp3) is 0.818. The number of rotatable bonds is 2. The molecule has 1 heterocycles. The Morgan fingerprint density at radius 3 is 2.12 bits per heavy atom. The number of hydrogen-bond acceptors (Lipinski definition) is 3. The Balaban J connectivity index is 3.00. The normalized spacial score (nSPS) is 27.7. The van der Waals surface area contributed by atoms with E-state index in [0.29, 0.717) is 13.0 Å². The molecule has 0 radical (unpaired) electrons. The summed E-state index contributed by atoms with van der Waals surface area (Å²) in [6, 6.07) is -0.911. The molecule has 2 N–H and O–H groups in total. The molecular weight excluding hydrogens is 210 g/mol. The molecule has 0 bridgehead atoms. The van der Waals surface area contributed by atoms with Gasteiger partial charge in [-0.05, 0) is 40.2 Å². The summed E-state index contributed by atoms with van der Waals surface area (Å²) >= 11 is 0. The van der Waals surface area contributed by atoms with Gasteiger partial charge in [0.15, 0.2) is 0 Å². The Kier molecular flexibility index (Phi) is 3.57. The van der Waals surface area contributed by atoms with Crippen molar-refractivity contribution in [3.63, 3.8) is 0 Å². The van der Waals surface area contributed by atoms with E-state index in [1.54, 1.807) is 4.90 Å². The molecule has 0 aromatic heterocycles. The summed E-state index contributed by atoms with van der Waals surface area (Å²) in [4.78, 5) is 24.0. The molecule has 0 saturated carbocycles. The van der Waals surface area contributed by atoms with E-state index in [1.807, 2.05) is 20.8 Å². The number of likely N-dealkylation sites (tertiary alicyclic amines) is 1. The van der Waals surface area contributed by atoms with E-state index < -0.39 is 23.9 Å². The van der Waals surface area contributed by atoms with Crippen molar-refractivity contribution in [2.75, 3.05) is 6.54 Å². The van der Waals surface area contributed by atoms with Crippen molar-refractivity contribution in [2.24, 2.45) is 5.92 Å². The SMILES string of the molecule is CC(C)(C)N1CCC[C@@H](C(=O)O)[C@H]1C(=O)O. The summed E-state index contributed by atoms with van der Waals surface area (Å²) in [5.41, 5.74) is -0.322. The topological polar surface area (TPSA) is 77.8 Å². The van der Waals surface area contributed by atoms with E-state index in [1.165, 1.54) is 0 Å². The van der Waals surface area contributed by atoms with E-state index in [4.69, 9.17) is 5.11 Å². The first-order valence-electron chi connectivity index (χ1n) is 5.47. The van der Waals surface area contributed by atoms with Crippen molar-refractivity contribution >= 4 is 11.9 Å². The first-order chi connectivity index (χ1) is 7.25. The highest BCUT2D eigenvalue weighted by molar-refractivity contribution is 5.83. The van der Waals surface area contributed by atoms with Crippen molar-refractivity contribution in [2.45, 2.75) is 45.2 Å². The maximum absolute atomic E-state index is 11.2. The summed E-state index contributed by atoms with van der Waals surface area (Å²) in [7, 11) is 0. The second kappa shape index (κ2) is 4.41. The van der Waals surface area contributed by atoms with Crippen LogP contribution in [0.3, 0.4) is 0 Å². The third kappa shape index (κ3) is 2.52. The summed E-state index contributed by atoms with van der Waals surface area (Å²) in [6.45, 7) is 6.37. The van der Waals surface area contributed by atoms with Gasteiger partial charge in [0, 0.05) is 5.54 Å². The molecule has 5 heteroatoms. The smallest absolute Gasteiger partial charge is 0.321 e. The third-order valence-electron chi connectivity index (χ3n) is 3.06. The molecule has 0 aromatic carbocycles. The molecule has 1 aliphatic heterocycles. The predicted octanol–water partition coefficient (Wildman–Crippen LogP) is 1.03. The zero-order valence-corrected chi connectivity index (χ0v) is 9.93. The lowest BCUT2D eigenvalue weighted by Gasteiger charge is -2.44. The highest BCUT2D eigenvalue weighted by Gasteiger charge is 2.44. The second-order valence-corrected chi connectivity index (χ2v) is 5.23. The summed E-state index contributed by atoms with van der Waals surface area (Å²) in [5, 5.41) is 18.2. The Hall–Kier alpha value is -1.10. The zero-order chi connectivity index (χ0) is 12.5. The summed E-state index contributed by atoms with van der Waals surface area (Å²) in [5.74, 6) is -2.85. The Morgan fingerprint density at radius 2 is 1.75 bits per heavy atom. The van der Waals surface area contributed by atoms with Crippen molar-refractivity contribution in [3.8, 4) is 0 Å². The molecule has 1 saturated heterocycles. The van der Waals surface area contributed by atoms with Crippen molar-refractivity contribution in [1.29, 1.82) is 0 Å². The molecule has 2 atom stereocenters. The van der Waals surface area contributed by atoms with Gasteiger partial charge in [-0.15, -0.1) is 0 Å². The lowest BCUT2D eigenvalue weighted by atomic mass is 9.85. The molecule has 0 aromatic rings. The number of nitrogens with zero attached hydrogens (tertiary/aromatic N) is 1. The van der Waals surface area contributed by atoms with Crippen LogP contribution in [0.5, 0.6) is 0 Å². The lowest BCUT2D eigenvalue weighted by Crippen LogP contribution is -2.58. The van der Waals surface area contributed by atoms with Gasteiger partial charge in [-0.1, -0.05) is 0 Å². The van der Waals surface area contributed by atoms with E-state index >= 15 is 0 Å². The van der Waals surface area contributed by atoms with Gasteiger partial charge in [-0.3, -0.25) is 14.5 Å². The molecule has 1 aliphatic rings. The standard InChI is InChI=1S/C11H19NO4/c1-11(2,3)12-6-4-5-7(9(13)14)8(12)10(15)16/h7-8H,4-6H2,1-3H3,(H,13,14)(H,15,16)/t7-,8+/m1/s1. The quantitative estimate of drug-likeness (QED) is 0.739. The van der Waals surface area contributed by atoms with E-state index in [0.717, 1.165) is 6.42 Å². The second-order valence-electron chi connectivity index (χ2n) is 5.23. The monoisotopic (exact) mass is 229 g/mol. The van der Waals surface area contributed by atoms with Gasteiger partial charge in [0.25, 0.3) is 0 Å². The fourth-order valence-corrected chi connectivity index (χ4v) is 2.31. The molecular formula is C11H19NO4. The van der Waals surface area contributed by atoms with Crippen LogP contribution in [0.15, 0.2) is 0 Å². The van der Waals surface area contributed by atoms with E-state index in [9.17, 15) is 14.7 Å². The van der Waals surface area contributed by atoms with E-state index in [2.05, 4.69) is 0 Å². The number of hydrogen-bond donors (Lipinski definition) is 2. The lowest BCUT2D eigenvalue weighted by molar-refractivity contribution is -0.161. The van der Waals surface area contributed by atoms with Gasteiger partial charge < -0.3 is 10.2 Å². The van der Waals surface area contributed by atoms with Gasteiger partial charge >= 0.3 is 11.9 Å². The number of piperidine rings is 1. The average molecular weight is 229 g/mol. The molecule has 0 unspecified atom stereocenters. The van der Waals surface area contributed by atoms with E-state index in [-0.39, 0.29) is 5.54 Å². The van der Waals surface area contributed by atoms with Gasteiger partial charge in [0.2, 0.25) is 0 Å². The van der Waals surface area contributed by atoms with Crippen LogP contribution in [0.2, 0.25) is 0 Å². The van der Waals surface area contributed by atoms with Gasteiger partial charge in [0.05, 0.1) is 5.92 Å². The minimum atomic E-state index is -1.04. The average Bonchev–Trinajstić information content (AvgIpc) is 2.14. The minimum Gasteiger partial charge on any atom is -0.481 e. The predicted molar refractivity (Wildman–Crippen MR) is 58.2 cm³/mol. The molecule has 5 nitrogen and oxygen atoms in total. The molecule has 0 aliphatic carbocycles. The first-order valence-corrected chi connectivity index (χ1v) is 5.47. The van der Waals surface area contributed by atoms with Gasteiger partial charge in [-0.2, -0.15) is 0 Å². The van der Waals surface area contributed by atoms with Crippen LogP contribution in [0, 0.1) is 5.92 Å².